The van der Waals surface area contributed by atoms with Gasteiger partial charge in [0.05, 0.1) is 0 Å². The Labute approximate surface area is 421 Å². The molecular weight excluding hydrogens is 841 g/mol. The summed E-state index contributed by atoms with van der Waals surface area (Å²) in [7, 11) is 0. The highest BCUT2D eigenvalue weighted by Gasteiger charge is 2.19. The number of hydrogen-bond acceptors (Lipinski definition) is 6. The number of allylic oxidation sites excluding steroid dienone is 10. The van der Waals surface area contributed by atoms with Crippen LogP contribution < -0.4 is 0 Å². The average Bonchev–Trinajstić information content (AvgIpc) is 3.34. The van der Waals surface area contributed by atoms with Crippen molar-refractivity contribution in [2.75, 3.05) is 13.2 Å². The Hall–Kier alpha value is -2.89. The Morgan fingerprint density at radius 3 is 0.956 bits per heavy atom. The van der Waals surface area contributed by atoms with E-state index in [-0.39, 0.29) is 31.1 Å². The molecule has 0 amide bonds. The third-order valence-corrected chi connectivity index (χ3v) is 12.8. The molecule has 1 unspecified atom stereocenters. The first kappa shape index (κ1) is 65.1. The lowest BCUT2D eigenvalue weighted by molar-refractivity contribution is -0.167. The Bertz CT molecular complexity index is 1230. The van der Waals surface area contributed by atoms with Gasteiger partial charge in [0.25, 0.3) is 0 Å². The van der Waals surface area contributed by atoms with E-state index >= 15 is 0 Å². The third kappa shape index (κ3) is 54.1. The molecule has 0 saturated carbocycles. The number of esters is 3. The van der Waals surface area contributed by atoms with Gasteiger partial charge in [-0.1, -0.05) is 261 Å². The highest BCUT2D eigenvalue weighted by atomic mass is 16.6. The fourth-order valence-corrected chi connectivity index (χ4v) is 8.36. The maximum atomic E-state index is 12.8. The lowest BCUT2D eigenvalue weighted by Crippen LogP contribution is -2.30. The minimum atomic E-state index is -0.792. The van der Waals surface area contributed by atoms with Crippen LogP contribution in [0.3, 0.4) is 0 Å². The molecule has 0 aliphatic rings. The molecule has 0 N–H and O–H groups in total. The minimum absolute atomic E-state index is 0.0871. The van der Waals surface area contributed by atoms with Gasteiger partial charge in [0.15, 0.2) is 6.10 Å². The Balaban J connectivity index is 4.29. The van der Waals surface area contributed by atoms with Gasteiger partial charge in [0, 0.05) is 19.3 Å². The largest absolute Gasteiger partial charge is 0.462 e. The summed E-state index contributed by atoms with van der Waals surface area (Å²) in [4.78, 5) is 38.1. The highest BCUT2D eigenvalue weighted by molar-refractivity contribution is 5.71. The summed E-state index contributed by atoms with van der Waals surface area (Å²) in [5.74, 6) is -0.921. The zero-order valence-corrected chi connectivity index (χ0v) is 45.1. The van der Waals surface area contributed by atoms with Crippen molar-refractivity contribution < 1.29 is 28.6 Å². The summed E-state index contributed by atoms with van der Waals surface area (Å²) in [6.45, 7) is 6.48. The summed E-state index contributed by atoms with van der Waals surface area (Å²) in [5.41, 5.74) is 0. The van der Waals surface area contributed by atoms with E-state index in [4.69, 9.17) is 14.2 Å². The van der Waals surface area contributed by atoms with Crippen molar-refractivity contribution >= 4 is 17.9 Å². The predicted octanol–water partition coefficient (Wildman–Crippen LogP) is 19.6. The van der Waals surface area contributed by atoms with Crippen molar-refractivity contribution in [3.05, 3.63) is 60.8 Å². The molecule has 0 saturated heterocycles. The highest BCUT2D eigenvalue weighted by Crippen LogP contribution is 2.17. The minimum Gasteiger partial charge on any atom is -0.462 e. The first-order valence-electron chi connectivity index (χ1n) is 29.3. The van der Waals surface area contributed by atoms with Crippen LogP contribution in [-0.4, -0.2) is 37.2 Å². The van der Waals surface area contributed by atoms with Gasteiger partial charge < -0.3 is 14.2 Å². The normalized spacial score (nSPS) is 12.5. The molecule has 0 aliphatic carbocycles. The molecular formula is C62H110O6. The fraction of sp³-hybridized carbons (Fsp3) is 0.790. The van der Waals surface area contributed by atoms with Crippen LogP contribution in [0.2, 0.25) is 0 Å². The zero-order valence-electron chi connectivity index (χ0n) is 45.1. The van der Waals surface area contributed by atoms with E-state index in [1.54, 1.807) is 0 Å². The molecule has 0 aliphatic heterocycles. The number of unbranched alkanes of at least 4 members (excludes halogenated alkanes) is 32. The van der Waals surface area contributed by atoms with Gasteiger partial charge in [-0.2, -0.15) is 0 Å². The predicted molar refractivity (Wildman–Crippen MR) is 293 cm³/mol. The Kier molecular flexibility index (Phi) is 54.3. The van der Waals surface area contributed by atoms with E-state index in [1.807, 2.05) is 0 Å². The SMILES string of the molecule is CC/C=C\C/C=C\C/C=C\CCCCCC(=O)OCC(COC(=O)CCCCCCCCCCCCCCCCCCCCCCCCC)OC(=O)CCCCCCC/C=C\C/C=C\CCCC. The van der Waals surface area contributed by atoms with Gasteiger partial charge >= 0.3 is 17.9 Å². The van der Waals surface area contributed by atoms with Crippen molar-refractivity contribution in [2.45, 2.75) is 303 Å². The molecule has 68 heavy (non-hydrogen) atoms. The first-order valence-corrected chi connectivity index (χ1v) is 29.3. The van der Waals surface area contributed by atoms with Crippen molar-refractivity contribution in [1.29, 1.82) is 0 Å². The molecule has 0 aromatic carbocycles. The molecule has 6 nitrogen and oxygen atoms in total. The lowest BCUT2D eigenvalue weighted by atomic mass is 10.0. The third-order valence-electron chi connectivity index (χ3n) is 12.8. The van der Waals surface area contributed by atoms with E-state index < -0.39 is 6.10 Å². The van der Waals surface area contributed by atoms with Crippen molar-refractivity contribution in [3.8, 4) is 0 Å². The smallest absolute Gasteiger partial charge is 0.306 e. The Morgan fingerprint density at radius 1 is 0.309 bits per heavy atom. The van der Waals surface area contributed by atoms with Crippen molar-refractivity contribution in [2.24, 2.45) is 0 Å². The van der Waals surface area contributed by atoms with Crippen LogP contribution in [0, 0.1) is 0 Å². The van der Waals surface area contributed by atoms with Crippen LogP contribution >= 0.6 is 0 Å². The van der Waals surface area contributed by atoms with Crippen molar-refractivity contribution in [1.82, 2.24) is 0 Å². The van der Waals surface area contributed by atoms with Crippen LogP contribution in [0.5, 0.6) is 0 Å². The van der Waals surface area contributed by atoms with Gasteiger partial charge in [0.1, 0.15) is 13.2 Å². The summed E-state index contributed by atoms with van der Waals surface area (Å²) in [6, 6.07) is 0. The number of carbonyl (C=O) groups excluding carboxylic acids is 3. The molecule has 394 valence electrons. The van der Waals surface area contributed by atoms with E-state index in [2.05, 4.69) is 81.5 Å². The standard InChI is InChI=1S/C62H110O6/c1-4-7-10-13-16-19-22-25-27-28-29-30-31-32-33-34-35-38-40-43-46-49-52-55-61(64)67-58-59(57-66-60(63)54-51-48-45-42-39-36-24-21-18-15-12-9-6-3)68-62(65)56-53-50-47-44-41-37-26-23-20-17-14-11-8-5-2/h9,12,14,17-18,21,23,26,36,39,59H,4-8,10-11,13,15-16,19-20,22,24-25,27-35,37-38,40-58H2,1-3H3/b12-9-,17-14-,21-18-,26-23-,39-36-. The van der Waals surface area contributed by atoms with Crippen LogP contribution in [0.15, 0.2) is 60.8 Å². The summed E-state index contributed by atoms with van der Waals surface area (Å²) in [5, 5.41) is 0. The molecule has 1 atom stereocenters. The zero-order chi connectivity index (χ0) is 49.3. The summed E-state index contributed by atoms with van der Waals surface area (Å²) in [6.07, 6.45) is 70.8. The summed E-state index contributed by atoms with van der Waals surface area (Å²) >= 11 is 0. The maximum Gasteiger partial charge on any atom is 0.306 e. The van der Waals surface area contributed by atoms with Crippen LogP contribution in [0.1, 0.15) is 297 Å². The number of rotatable bonds is 53. The molecule has 0 bridgehead atoms. The number of ether oxygens (including phenoxy) is 3. The van der Waals surface area contributed by atoms with Crippen LogP contribution in [0.4, 0.5) is 0 Å². The van der Waals surface area contributed by atoms with E-state index in [1.165, 1.54) is 148 Å². The average molecular weight is 952 g/mol. The Morgan fingerprint density at radius 2 is 0.588 bits per heavy atom. The van der Waals surface area contributed by atoms with Gasteiger partial charge in [0.2, 0.25) is 0 Å². The fourth-order valence-electron chi connectivity index (χ4n) is 8.36. The molecule has 0 radical (unpaired) electrons. The van der Waals surface area contributed by atoms with E-state index in [9.17, 15) is 14.4 Å². The molecule has 0 rings (SSSR count). The van der Waals surface area contributed by atoms with E-state index in [0.717, 1.165) is 109 Å². The lowest BCUT2D eigenvalue weighted by Gasteiger charge is -2.18. The second-order valence-corrected chi connectivity index (χ2v) is 19.5. The molecule has 0 spiro atoms. The molecule has 0 fully saturated rings. The molecule has 6 heteroatoms. The molecule has 0 aromatic heterocycles. The first-order chi connectivity index (χ1) is 33.5. The van der Waals surface area contributed by atoms with Crippen molar-refractivity contribution in [3.63, 3.8) is 0 Å². The topological polar surface area (TPSA) is 78.9 Å². The van der Waals surface area contributed by atoms with Gasteiger partial charge in [-0.05, 0) is 77.0 Å². The summed E-state index contributed by atoms with van der Waals surface area (Å²) < 4.78 is 16.8. The quantitative estimate of drug-likeness (QED) is 0.0262. The second kappa shape index (κ2) is 56.7. The maximum absolute atomic E-state index is 12.8. The monoisotopic (exact) mass is 951 g/mol. The molecule has 0 aromatic rings. The molecule has 0 heterocycles. The number of carbonyl (C=O) groups is 3. The van der Waals surface area contributed by atoms with E-state index in [0.29, 0.717) is 19.3 Å². The van der Waals surface area contributed by atoms with Gasteiger partial charge in [-0.15, -0.1) is 0 Å². The van der Waals surface area contributed by atoms with Crippen LogP contribution in [-0.2, 0) is 28.6 Å². The number of hydrogen-bond donors (Lipinski definition) is 0. The van der Waals surface area contributed by atoms with Gasteiger partial charge in [-0.25, -0.2) is 0 Å². The second-order valence-electron chi connectivity index (χ2n) is 19.5. The van der Waals surface area contributed by atoms with Crippen LogP contribution in [0.25, 0.3) is 0 Å². The van der Waals surface area contributed by atoms with Gasteiger partial charge in [-0.3, -0.25) is 14.4 Å².